The Hall–Kier alpha value is -1.80. The van der Waals surface area contributed by atoms with Crippen molar-refractivity contribution in [1.29, 1.82) is 0 Å². The Morgan fingerprint density at radius 1 is 0.944 bits per heavy atom. The molecule has 0 saturated heterocycles. The standard InChI is InChI=1S/C16H20N2/c1-13-6-3-4-8-15(13)12-18-11-14-7-5-9-16(10-14)17-2/h3-10,17-18H,11-12H2,1-2H3. The zero-order valence-electron chi connectivity index (χ0n) is 11.0. The number of nitrogens with one attached hydrogen (secondary N) is 2. The topological polar surface area (TPSA) is 24.1 Å². The van der Waals surface area contributed by atoms with Crippen molar-refractivity contribution in [3.8, 4) is 0 Å². The molecule has 2 rings (SSSR count). The quantitative estimate of drug-likeness (QED) is 0.837. The van der Waals surface area contributed by atoms with Crippen LogP contribution in [0.5, 0.6) is 0 Å². The lowest BCUT2D eigenvalue weighted by molar-refractivity contribution is 0.691. The van der Waals surface area contributed by atoms with E-state index in [1.807, 2.05) is 7.05 Å². The van der Waals surface area contributed by atoms with Gasteiger partial charge in [0.2, 0.25) is 0 Å². The second kappa shape index (κ2) is 6.22. The fraction of sp³-hybridized carbons (Fsp3) is 0.250. The molecule has 0 amide bonds. The van der Waals surface area contributed by atoms with Gasteiger partial charge >= 0.3 is 0 Å². The molecule has 0 atom stereocenters. The Morgan fingerprint density at radius 2 is 1.78 bits per heavy atom. The molecule has 0 aromatic heterocycles. The minimum absolute atomic E-state index is 0.893. The van der Waals surface area contributed by atoms with Crippen molar-refractivity contribution in [2.75, 3.05) is 12.4 Å². The molecule has 0 saturated carbocycles. The lowest BCUT2D eigenvalue weighted by Gasteiger charge is -2.09. The fourth-order valence-electron chi connectivity index (χ4n) is 1.99. The summed E-state index contributed by atoms with van der Waals surface area (Å²) in [7, 11) is 1.94. The minimum Gasteiger partial charge on any atom is -0.388 e. The van der Waals surface area contributed by atoms with Crippen LogP contribution >= 0.6 is 0 Å². The summed E-state index contributed by atoms with van der Waals surface area (Å²) in [6, 6.07) is 17.0. The van der Waals surface area contributed by atoms with Gasteiger partial charge in [-0.2, -0.15) is 0 Å². The van der Waals surface area contributed by atoms with Gasteiger partial charge in [0.05, 0.1) is 0 Å². The van der Waals surface area contributed by atoms with Crippen molar-refractivity contribution in [3.05, 3.63) is 65.2 Å². The molecule has 94 valence electrons. The number of rotatable bonds is 5. The summed E-state index contributed by atoms with van der Waals surface area (Å²) in [4.78, 5) is 0. The molecule has 0 aliphatic rings. The first kappa shape index (κ1) is 12.7. The van der Waals surface area contributed by atoms with E-state index >= 15 is 0 Å². The molecule has 2 aromatic rings. The van der Waals surface area contributed by atoms with Crippen LogP contribution in [-0.2, 0) is 13.1 Å². The van der Waals surface area contributed by atoms with E-state index < -0.39 is 0 Å². The minimum atomic E-state index is 0.893. The number of benzene rings is 2. The predicted molar refractivity (Wildman–Crippen MR) is 77.7 cm³/mol. The number of aryl methyl sites for hydroxylation is 1. The normalized spacial score (nSPS) is 10.3. The SMILES string of the molecule is CNc1cccc(CNCc2ccccc2C)c1. The zero-order chi connectivity index (χ0) is 12.8. The Labute approximate surface area is 109 Å². The molecule has 0 heterocycles. The van der Waals surface area contributed by atoms with Gasteiger partial charge in [-0.05, 0) is 35.7 Å². The summed E-state index contributed by atoms with van der Waals surface area (Å²) >= 11 is 0. The summed E-state index contributed by atoms with van der Waals surface area (Å²) < 4.78 is 0. The van der Waals surface area contributed by atoms with Crippen molar-refractivity contribution in [2.45, 2.75) is 20.0 Å². The van der Waals surface area contributed by atoms with Crippen LogP contribution in [0.2, 0.25) is 0 Å². The molecule has 0 aliphatic carbocycles. The molecule has 0 spiro atoms. The summed E-state index contributed by atoms with van der Waals surface area (Å²) in [5.41, 5.74) is 5.16. The van der Waals surface area contributed by atoms with Crippen molar-refractivity contribution in [3.63, 3.8) is 0 Å². The fourth-order valence-corrected chi connectivity index (χ4v) is 1.99. The average molecular weight is 240 g/mol. The van der Waals surface area contributed by atoms with Crippen LogP contribution in [0.1, 0.15) is 16.7 Å². The third-order valence-electron chi connectivity index (χ3n) is 3.12. The van der Waals surface area contributed by atoms with E-state index in [0.29, 0.717) is 0 Å². The summed E-state index contributed by atoms with van der Waals surface area (Å²) in [5.74, 6) is 0. The van der Waals surface area contributed by atoms with Gasteiger partial charge < -0.3 is 10.6 Å². The van der Waals surface area contributed by atoms with Crippen LogP contribution < -0.4 is 10.6 Å². The maximum absolute atomic E-state index is 3.48. The molecule has 2 heteroatoms. The van der Waals surface area contributed by atoms with Crippen LogP contribution in [0.15, 0.2) is 48.5 Å². The van der Waals surface area contributed by atoms with Crippen molar-refractivity contribution >= 4 is 5.69 Å². The second-order valence-electron chi connectivity index (χ2n) is 4.48. The van der Waals surface area contributed by atoms with Crippen LogP contribution in [0.3, 0.4) is 0 Å². The first-order valence-corrected chi connectivity index (χ1v) is 6.31. The smallest absolute Gasteiger partial charge is 0.0340 e. The Bertz CT molecular complexity index is 506. The lowest BCUT2D eigenvalue weighted by atomic mass is 10.1. The molecule has 0 aliphatic heterocycles. The summed E-state index contributed by atoms with van der Waals surface area (Å²) in [6.07, 6.45) is 0. The second-order valence-corrected chi connectivity index (χ2v) is 4.48. The Morgan fingerprint density at radius 3 is 2.56 bits per heavy atom. The third kappa shape index (κ3) is 3.34. The number of anilines is 1. The van der Waals surface area contributed by atoms with Crippen LogP contribution in [0, 0.1) is 6.92 Å². The first-order valence-electron chi connectivity index (χ1n) is 6.31. The predicted octanol–water partition coefficient (Wildman–Crippen LogP) is 3.33. The Balaban J connectivity index is 1.90. The summed E-state index contributed by atoms with van der Waals surface area (Å²) in [6.45, 7) is 3.96. The highest BCUT2D eigenvalue weighted by molar-refractivity contribution is 5.44. The van der Waals surface area contributed by atoms with Gasteiger partial charge in [-0.1, -0.05) is 36.4 Å². The molecule has 18 heavy (non-hydrogen) atoms. The molecule has 0 bridgehead atoms. The van der Waals surface area contributed by atoms with Gasteiger partial charge in [0.1, 0.15) is 0 Å². The van der Waals surface area contributed by atoms with E-state index in [2.05, 4.69) is 66.1 Å². The summed E-state index contributed by atoms with van der Waals surface area (Å²) in [5, 5.41) is 6.64. The van der Waals surface area contributed by atoms with Crippen LogP contribution in [-0.4, -0.2) is 7.05 Å². The van der Waals surface area contributed by atoms with Gasteiger partial charge in [0.15, 0.2) is 0 Å². The average Bonchev–Trinajstić information content (AvgIpc) is 2.41. The van der Waals surface area contributed by atoms with E-state index in [1.165, 1.54) is 16.7 Å². The van der Waals surface area contributed by atoms with Crippen molar-refractivity contribution < 1.29 is 0 Å². The molecular weight excluding hydrogens is 220 g/mol. The molecule has 2 aromatic carbocycles. The lowest BCUT2D eigenvalue weighted by Crippen LogP contribution is -2.13. The monoisotopic (exact) mass is 240 g/mol. The van der Waals surface area contributed by atoms with E-state index in [0.717, 1.165) is 18.8 Å². The van der Waals surface area contributed by atoms with Gasteiger partial charge in [0.25, 0.3) is 0 Å². The molecular formula is C16H20N2. The highest BCUT2D eigenvalue weighted by atomic mass is 14.9. The molecule has 2 N–H and O–H groups in total. The van der Waals surface area contributed by atoms with Gasteiger partial charge in [-0.15, -0.1) is 0 Å². The number of hydrogen-bond acceptors (Lipinski definition) is 2. The maximum atomic E-state index is 3.48. The Kier molecular flexibility index (Phi) is 4.37. The van der Waals surface area contributed by atoms with Crippen molar-refractivity contribution in [1.82, 2.24) is 5.32 Å². The van der Waals surface area contributed by atoms with Crippen LogP contribution in [0.4, 0.5) is 5.69 Å². The van der Waals surface area contributed by atoms with E-state index in [-0.39, 0.29) is 0 Å². The van der Waals surface area contributed by atoms with E-state index in [4.69, 9.17) is 0 Å². The first-order chi connectivity index (χ1) is 8.79. The molecule has 2 nitrogen and oxygen atoms in total. The van der Waals surface area contributed by atoms with E-state index in [9.17, 15) is 0 Å². The number of hydrogen-bond donors (Lipinski definition) is 2. The van der Waals surface area contributed by atoms with Gasteiger partial charge in [0, 0.05) is 25.8 Å². The highest BCUT2D eigenvalue weighted by Crippen LogP contribution is 2.10. The largest absolute Gasteiger partial charge is 0.388 e. The van der Waals surface area contributed by atoms with Crippen molar-refractivity contribution in [2.24, 2.45) is 0 Å². The highest BCUT2D eigenvalue weighted by Gasteiger charge is 1.97. The van der Waals surface area contributed by atoms with Gasteiger partial charge in [-0.3, -0.25) is 0 Å². The molecule has 0 unspecified atom stereocenters. The molecule has 0 fully saturated rings. The third-order valence-corrected chi connectivity index (χ3v) is 3.12. The maximum Gasteiger partial charge on any atom is 0.0340 e. The van der Waals surface area contributed by atoms with Crippen LogP contribution in [0.25, 0.3) is 0 Å². The van der Waals surface area contributed by atoms with Gasteiger partial charge in [-0.25, -0.2) is 0 Å². The van der Waals surface area contributed by atoms with E-state index in [1.54, 1.807) is 0 Å². The molecule has 0 radical (unpaired) electrons. The zero-order valence-corrected chi connectivity index (χ0v) is 11.0.